The number of thiophene rings is 1. The fraction of sp³-hybridized carbons (Fsp3) is 0.481. The molecule has 1 fully saturated rings. The number of hydrogen-bond acceptors (Lipinski definition) is 7. The van der Waals surface area contributed by atoms with Gasteiger partial charge in [-0.3, -0.25) is 25.5 Å². The molecule has 2 aromatic rings. The van der Waals surface area contributed by atoms with Gasteiger partial charge in [0.1, 0.15) is 22.7 Å². The fourth-order valence-electron chi connectivity index (χ4n) is 4.72. The number of nitrogens with zero attached hydrogens (tertiary/aromatic N) is 4. The van der Waals surface area contributed by atoms with Crippen LogP contribution in [0.25, 0.3) is 0 Å². The molecule has 0 spiro atoms. The lowest BCUT2D eigenvalue weighted by molar-refractivity contribution is -0.121. The predicted molar refractivity (Wildman–Crippen MR) is 154 cm³/mol. The molecule has 1 aromatic carbocycles. The molecule has 3 heterocycles. The molecule has 2 aliphatic heterocycles. The van der Waals surface area contributed by atoms with Crippen LogP contribution in [-0.4, -0.2) is 85.4 Å². The fourth-order valence-corrected chi connectivity index (χ4v) is 6.07. The molecule has 1 saturated heterocycles. The number of hydrogen-bond donors (Lipinski definition) is 3. The van der Waals surface area contributed by atoms with E-state index < -0.39 is 6.04 Å². The first-order valence-electron chi connectivity index (χ1n) is 12.7. The van der Waals surface area contributed by atoms with Gasteiger partial charge in [-0.15, -0.1) is 11.3 Å². The molecule has 4 rings (SSSR count). The van der Waals surface area contributed by atoms with E-state index in [1.165, 1.54) is 0 Å². The Morgan fingerprint density at radius 1 is 1.19 bits per heavy atom. The zero-order valence-corrected chi connectivity index (χ0v) is 23.6. The van der Waals surface area contributed by atoms with E-state index in [1.807, 2.05) is 24.3 Å². The molecule has 0 saturated carbocycles. The summed E-state index contributed by atoms with van der Waals surface area (Å²) in [6, 6.07) is 6.91. The Morgan fingerprint density at radius 3 is 2.51 bits per heavy atom. The number of anilines is 1. The molecule has 0 aliphatic carbocycles. The standard InChI is InChI=1S/C27H36ClN7OS/c1-17-18(2)37-27-24(17)25(20-7-9-21(28)10-8-20)32-22(26(30)35(27)19(3)29)16-31-23(36)6-5-11-34-14-12-33(4)13-15-34/h7-10,22,29-30H,5-6,11-16H2,1-4H3,(H,31,36)/t22-/m0/s1. The Labute approximate surface area is 228 Å². The Bertz CT molecular complexity index is 1200. The van der Waals surface area contributed by atoms with E-state index in [-0.39, 0.29) is 24.1 Å². The van der Waals surface area contributed by atoms with Gasteiger partial charge in [0.2, 0.25) is 5.91 Å². The molecule has 2 aliphatic rings. The normalized spacial score (nSPS) is 18.8. The van der Waals surface area contributed by atoms with E-state index in [0.29, 0.717) is 11.4 Å². The number of aryl methyl sites for hydroxylation is 1. The van der Waals surface area contributed by atoms with Gasteiger partial charge in [-0.1, -0.05) is 23.7 Å². The first kappa shape index (κ1) is 27.4. The van der Waals surface area contributed by atoms with Crippen molar-refractivity contribution in [3.8, 4) is 0 Å². The zero-order valence-electron chi connectivity index (χ0n) is 22.0. The maximum absolute atomic E-state index is 12.7. The quantitative estimate of drug-likeness (QED) is 0.362. The Hall–Kier alpha value is -2.59. The molecule has 1 aromatic heterocycles. The molecule has 1 atom stereocenters. The second-order valence-electron chi connectivity index (χ2n) is 9.82. The van der Waals surface area contributed by atoms with Crippen molar-refractivity contribution in [3.63, 3.8) is 0 Å². The number of carbonyl (C=O) groups is 1. The van der Waals surface area contributed by atoms with Crippen LogP contribution < -0.4 is 10.2 Å². The smallest absolute Gasteiger partial charge is 0.220 e. The van der Waals surface area contributed by atoms with Gasteiger partial charge in [-0.25, -0.2) is 0 Å². The molecule has 0 bridgehead atoms. The number of amidine groups is 2. The lowest BCUT2D eigenvalue weighted by atomic mass is 10.00. The van der Waals surface area contributed by atoms with Crippen molar-refractivity contribution in [2.24, 2.45) is 4.99 Å². The highest BCUT2D eigenvalue weighted by Crippen LogP contribution is 2.39. The molecule has 37 heavy (non-hydrogen) atoms. The van der Waals surface area contributed by atoms with Crippen molar-refractivity contribution in [1.82, 2.24) is 15.1 Å². The van der Waals surface area contributed by atoms with E-state index >= 15 is 0 Å². The van der Waals surface area contributed by atoms with Crippen LogP contribution in [-0.2, 0) is 4.79 Å². The van der Waals surface area contributed by atoms with E-state index in [0.717, 1.165) is 71.4 Å². The van der Waals surface area contributed by atoms with Crippen LogP contribution in [0.15, 0.2) is 29.3 Å². The van der Waals surface area contributed by atoms with Crippen LogP contribution in [0.1, 0.15) is 41.3 Å². The number of halogens is 1. The Kier molecular flexibility index (Phi) is 8.79. The molecule has 10 heteroatoms. The molecule has 0 unspecified atom stereocenters. The number of amides is 1. The molecule has 3 N–H and O–H groups in total. The summed E-state index contributed by atoms with van der Waals surface area (Å²) < 4.78 is 0. The summed E-state index contributed by atoms with van der Waals surface area (Å²) in [5, 5.41) is 21.9. The van der Waals surface area contributed by atoms with Gasteiger partial charge in [0.05, 0.1) is 5.71 Å². The Balaban J connectivity index is 1.53. The number of piperazine rings is 1. The van der Waals surface area contributed by atoms with Crippen molar-refractivity contribution < 1.29 is 4.79 Å². The summed E-state index contributed by atoms with van der Waals surface area (Å²) in [5.74, 6) is 0.412. The summed E-state index contributed by atoms with van der Waals surface area (Å²) in [4.78, 5) is 25.3. The zero-order chi connectivity index (χ0) is 26.7. The molecule has 0 radical (unpaired) electrons. The van der Waals surface area contributed by atoms with Crippen LogP contribution in [0.5, 0.6) is 0 Å². The van der Waals surface area contributed by atoms with Gasteiger partial charge in [-0.2, -0.15) is 0 Å². The number of nitrogens with one attached hydrogen (secondary N) is 3. The topological polar surface area (TPSA) is 98.9 Å². The first-order chi connectivity index (χ1) is 17.7. The third-order valence-corrected chi connectivity index (χ3v) is 8.51. The maximum Gasteiger partial charge on any atom is 0.220 e. The van der Waals surface area contributed by atoms with Gasteiger partial charge in [0.15, 0.2) is 0 Å². The van der Waals surface area contributed by atoms with Crippen LogP contribution >= 0.6 is 22.9 Å². The largest absolute Gasteiger partial charge is 0.353 e. The summed E-state index contributed by atoms with van der Waals surface area (Å²) in [7, 11) is 2.14. The molecular weight excluding hydrogens is 506 g/mol. The highest BCUT2D eigenvalue weighted by Gasteiger charge is 2.34. The Morgan fingerprint density at radius 2 is 1.86 bits per heavy atom. The monoisotopic (exact) mass is 541 g/mol. The average molecular weight is 542 g/mol. The third kappa shape index (κ3) is 6.29. The minimum Gasteiger partial charge on any atom is -0.353 e. The minimum atomic E-state index is -0.619. The van der Waals surface area contributed by atoms with E-state index in [1.54, 1.807) is 23.2 Å². The number of rotatable bonds is 7. The maximum atomic E-state index is 12.7. The van der Waals surface area contributed by atoms with Gasteiger partial charge >= 0.3 is 0 Å². The SMILES string of the molecule is CC(=N)N1C(=N)[C@H](CNC(=O)CCCN2CCN(C)CC2)N=C(c2ccc(Cl)cc2)c2c1sc(C)c2C. The van der Waals surface area contributed by atoms with E-state index in [9.17, 15) is 4.79 Å². The summed E-state index contributed by atoms with van der Waals surface area (Å²) in [5.41, 5.74) is 3.67. The van der Waals surface area contributed by atoms with Crippen LogP contribution in [0.3, 0.4) is 0 Å². The van der Waals surface area contributed by atoms with Crippen LogP contribution in [0, 0.1) is 24.7 Å². The van der Waals surface area contributed by atoms with Crippen LogP contribution in [0.4, 0.5) is 5.00 Å². The number of carbonyl (C=O) groups excluding carboxylic acids is 1. The van der Waals surface area contributed by atoms with Crippen molar-refractivity contribution in [2.45, 2.75) is 39.7 Å². The van der Waals surface area contributed by atoms with E-state index in [4.69, 9.17) is 27.4 Å². The summed E-state index contributed by atoms with van der Waals surface area (Å²) in [6.07, 6.45) is 1.25. The third-order valence-electron chi connectivity index (χ3n) is 7.07. The minimum absolute atomic E-state index is 0.0330. The molecular formula is C27H36ClN7OS. The number of benzene rings is 1. The first-order valence-corrected chi connectivity index (χ1v) is 13.9. The van der Waals surface area contributed by atoms with Gasteiger partial charge in [-0.05, 0) is 58.5 Å². The summed E-state index contributed by atoms with van der Waals surface area (Å²) >= 11 is 7.72. The van der Waals surface area contributed by atoms with Gasteiger partial charge in [0, 0.05) is 60.2 Å². The van der Waals surface area contributed by atoms with Crippen LogP contribution in [0.2, 0.25) is 5.02 Å². The second-order valence-corrected chi connectivity index (χ2v) is 11.5. The lowest BCUT2D eigenvalue weighted by Crippen LogP contribution is -2.45. The number of aliphatic imine (C=N–C) groups is 1. The van der Waals surface area contributed by atoms with Crippen molar-refractivity contribution in [1.29, 1.82) is 10.8 Å². The molecule has 1 amide bonds. The number of likely N-dealkylation sites (N-methyl/N-ethyl adjacent to an activating group) is 1. The molecule has 198 valence electrons. The highest BCUT2D eigenvalue weighted by molar-refractivity contribution is 7.17. The average Bonchev–Trinajstić information content (AvgIpc) is 3.07. The lowest BCUT2D eigenvalue weighted by Gasteiger charge is -2.32. The molecule has 8 nitrogen and oxygen atoms in total. The summed E-state index contributed by atoms with van der Waals surface area (Å²) in [6.45, 7) is 11.1. The van der Waals surface area contributed by atoms with Gasteiger partial charge < -0.3 is 15.1 Å². The van der Waals surface area contributed by atoms with E-state index in [2.05, 4.69) is 36.0 Å². The van der Waals surface area contributed by atoms with Crippen molar-refractivity contribution in [3.05, 3.63) is 50.9 Å². The predicted octanol–water partition coefficient (Wildman–Crippen LogP) is 4.16. The second kappa shape index (κ2) is 11.9. The van der Waals surface area contributed by atoms with Gasteiger partial charge in [0.25, 0.3) is 0 Å². The highest BCUT2D eigenvalue weighted by atomic mass is 35.5. The van der Waals surface area contributed by atoms with Crippen molar-refractivity contribution >= 4 is 51.2 Å². The van der Waals surface area contributed by atoms with Crippen molar-refractivity contribution in [2.75, 3.05) is 51.2 Å². The number of fused-ring (bicyclic) bond motifs is 1.